The van der Waals surface area contributed by atoms with Crippen molar-refractivity contribution in [1.29, 1.82) is 0 Å². The van der Waals surface area contributed by atoms with Crippen LogP contribution < -0.4 is 10.2 Å². The lowest BCUT2D eigenvalue weighted by Crippen LogP contribution is -2.52. The summed E-state index contributed by atoms with van der Waals surface area (Å²) in [7, 11) is -3.58. The van der Waals surface area contributed by atoms with Crippen LogP contribution in [0.1, 0.15) is 18.9 Å². The Morgan fingerprint density at radius 3 is 2.47 bits per heavy atom. The molecule has 1 unspecified atom stereocenters. The minimum atomic E-state index is -3.58. The van der Waals surface area contributed by atoms with Gasteiger partial charge in [0.15, 0.2) is 0 Å². The van der Waals surface area contributed by atoms with Gasteiger partial charge in [-0.15, -0.1) is 0 Å². The second kappa shape index (κ2) is 9.01. The number of fused-ring (bicyclic) bond motifs is 1. The molecular formula is C23H28N4O4S. The van der Waals surface area contributed by atoms with E-state index in [0.717, 1.165) is 5.56 Å². The van der Waals surface area contributed by atoms with E-state index in [1.807, 2.05) is 36.9 Å². The van der Waals surface area contributed by atoms with Crippen LogP contribution in [0.5, 0.6) is 0 Å². The Kier molecular flexibility index (Phi) is 6.32. The van der Waals surface area contributed by atoms with E-state index in [9.17, 15) is 18.0 Å². The van der Waals surface area contributed by atoms with Crippen LogP contribution in [0.3, 0.4) is 0 Å². The maximum atomic E-state index is 13.3. The molecule has 8 nitrogen and oxygen atoms in total. The lowest BCUT2D eigenvalue weighted by molar-refractivity contribution is -0.125. The highest BCUT2D eigenvalue weighted by atomic mass is 32.2. The Balaban J connectivity index is 1.47. The van der Waals surface area contributed by atoms with Crippen LogP contribution in [-0.4, -0.2) is 68.2 Å². The maximum Gasteiger partial charge on any atom is 0.244 e. The Morgan fingerprint density at radius 2 is 1.72 bits per heavy atom. The fourth-order valence-electron chi connectivity index (χ4n) is 4.21. The molecule has 1 saturated heterocycles. The summed E-state index contributed by atoms with van der Waals surface area (Å²) in [5, 5.41) is 2.79. The molecule has 0 saturated carbocycles. The monoisotopic (exact) mass is 456 g/mol. The summed E-state index contributed by atoms with van der Waals surface area (Å²) < 4.78 is 27.6. The van der Waals surface area contributed by atoms with Gasteiger partial charge < -0.3 is 5.32 Å². The van der Waals surface area contributed by atoms with E-state index in [1.165, 1.54) is 9.21 Å². The normalized spacial score (nSPS) is 19.1. The van der Waals surface area contributed by atoms with Crippen molar-refractivity contribution >= 4 is 33.2 Å². The zero-order valence-corrected chi connectivity index (χ0v) is 19.1. The van der Waals surface area contributed by atoms with Crippen molar-refractivity contribution in [2.75, 3.05) is 42.9 Å². The lowest BCUT2D eigenvalue weighted by atomic mass is 10.1. The topological polar surface area (TPSA) is 90.0 Å². The number of amides is 2. The highest BCUT2D eigenvalue weighted by Crippen LogP contribution is 2.30. The van der Waals surface area contributed by atoms with Crippen molar-refractivity contribution in [3.63, 3.8) is 0 Å². The standard InChI is InChI=1S/C23H28N4O4S/c1-17-8-10-19(11-9-17)32(30,31)26-13-5-12-25(14-15-26)18(2)23(29)27-16-22(28)24-20-6-3-4-7-21(20)27/h3-4,6-11,18H,5,12-16H2,1-2H3,(H,24,28). The Hall–Kier alpha value is -2.75. The summed E-state index contributed by atoms with van der Waals surface area (Å²) in [6.07, 6.45) is 0.625. The first kappa shape index (κ1) is 22.4. The quantitative estimate of drug-likeness (QED) is 0.761. The van der Waals surface area contributed by atoms with E-state index >= 15 is 0 Å². The molecular weight excluding hydrogens is 428 g/mol. The summed E-state index contributed by atoms with van der Waals surface area (Å²) in [5.41, 5.74) is 2.31. The first-order chi connectivity index (χ1) is 15.3. The third kappa shape index (κ3) is 4.41. The molecule has 170 valence electrons. The van der Waals surface area contributed by atoms with E-state index in [4.69, 9.17) is 0 Å². The number of hydrogen-bond donors (Lipinski definition) is 1. The molecule has 4 rings (SSSR count). The predicted molar refractivity (Wildman–Crippen MR) is 123 cm³/mol. The third-order valence-electron chi connectivity index (χ3n) is 6.09. The summed E-state index contributed by atoms with van der Waals surface area (Å²) in [4.78, 5) is 29.2. The van der Waals surface area contributed by atoms with E-state index in [2.05, 4.69) is 5.32 Å². The Bertz CT molecular complexity index is 1120. The Morgan fingerprint density at radius 1 is 1.00 bits per heavy atom. The number of anilines is 2. The van der Waals surface area contributed by atoms with Gasteiger partial charge in [0.25, 0.3) is 0 Å². The van der Waals surface area contributed by atoms with Gasteiger partial charge in [-0.1, -0.05) is 29.8 Å². The molecule has 1 fully saturated rings. The third-order valence-corrected chi connectivity index (χ3v) is 8.00. The molecule has 2 aliphatic heterocycles. The molecule has 2 aliphatic rings. The van der Waals surface area contributed by atoms with Gasteiger partial charge in [-0.05, 0) is 44.5 Å². The summed E-state index contributed by atoms with van der Waals surface area (Å²) in [5.74, 6) is -0.391. The lowest BCUT2D eigenvalue weighted by Gasteiger charge is -2.34. The Labute approximate surface area is 188 Å². The zero-order valence-electron chi connectivity index (χ0n) is 18.3. The maximum absolute atomic E-state index is 13.3. The molecule has 0 aromatic heterocycles. The van der Waals surface area contributed by atoms with Crippen molar-refractivity contribution in [3.8, 4) is 0 Å². The van der Waals surface area contributed by atoms with E-state index < -0.39 is 16.1 Å². The fourth-order valence-corrected chi connectivity index (χ4v) is 5.68. The average Bonchev–Trinajstić information content (AvgIpc) is 3.05. The second-order valence-electron chi connectivity index (χ2n) is 8.27. The largest absolute Gasteiger partial charge is 0.323 e. The highest BCUT2D eigenvalue weighted by molar-refractivity contribution is 7.89. The van der Waals surface area contributed by atoms with E-state index in [1.54, 1.807) is 30.3 Å². The number of sulfonamides is 1. The van der Waals surface area contributed by atoms with Gasteiger partial charge in [-0.3, -0.25) is 19.4 Å². The molecule has 0 bridgehead atoms. The predicted octanol–water partition coefficient (Wildman–Crippen LogP) is 2.07. The van der Waals surface area contributed by atoms with Crippen LogP contribution in [0.4, 0.5) is 11.4 Å². The number of aryl methyl sites for hydroxylation is 1. The van der Waals surface area contributed by atoms with Gasteiger partial charge in [-0.2, -0.15) is 4.31 Å². The number of nitrogens with zero attached hydrogens (tertiary/aromatic N) is 3. The summed E-state index contributed by atoms with van der Waals surface area (Å²) in [6, 6.07) is 13.6. The van der Waals surface area contributed by atoms with Gasteiger partial charge in [0.05, 0.1) is 22.3 Å². The van der Waals surface area contributed by atoms with Gasteiger partial charge in [0.2, 0.25) is 21.8 Å². The molecule has 9 heteroatoms. The van der Waals surface area contributed by atoms with Crippen LogP contribution in [0.2, 0.25) is 0 Å². The summed E-state index contributed by atoms with van der Waals surface area (Å²) >= 11 is 0. The van der Waals surface area contributed by atoms with Gasteiger partial charge in [0.1, 0.15) is 6.54 Å². The van der Waals surface area contributed by atoms with Gasteiger partial charge in [-0.25, -0.2) is 8.42 Å². The van der Waals surface area contributed by atoms with Crippen LogP contribution in [-0.2, 0) is 19.6 Å². The highest BCUT2D eigenvalue weighted by Gasteiger charge is 2.34. The van der Waals surface area contributed by atoms with Gasteiger partial charge >= 0.3 is 0 Å². The molecule has 2 aromatic rings. The minimum absolute atomic E-state index is 0.0258. The number of rotatable bonds is 4. The fraction of sp³-hybridized carbons (Fsp3) is 0.391. The second-order valence-corrected chi connectivity index (χ2v) is 10.2. The molecule has 0 radical (unpaired) electrons. The molecule has 2 heterocycles. The molecule has 0 spiro atoms. The molecule has 0 aliphatic carbocycles. The van der Waals surface area contributed by atoms with Crippen molar-refractivity contribution < 1.29 is 18.0 Å². The first-order valence-corrected chi connectivity index (χ1v) is 12.2. The number of carbonyl (C=O) groups excluding carboxylic acids is 2. The van der Waals surface area contributed by atoms with Crippen molar-refractivity contribution in [2.24, 2.45) is 0 Å². The van der Waals surface area contributed by atoms with Gasteiger partial charge in [0, 0.05) is 26.2 Å². The smallest absolute Gasteiger partial charge is 0.244 e. The average molecular weight is 457 g/mol. The van der Waals surface area contributed by atoms with Crippen LogP contribution in [0.15, 0.2) is 53.4 Å². The van der Waals surface area contributed by atoms with E-state index in [-0.39, 0.29) is 23.3 Å². The molecule has 1 atom stereocenters. The number of nitrogens with one attached hydrogen (secondary N) is 1. The van der Waals surface area contributed by atoms with Crippen LogP contribution in [0.25, 0.3) is 0 Å². The van der Waals surface area contributed by atoms with E-state index in [0.29, 0.717) is 44.0 Å². The minimum Gasteiger partial charge on any atom is -0.323 e. The molecule has 2 aromatic carbocycles. The zero-order chi connectivity index (χ0) is 22.9. The first-order valence-electron chi connectivity index (χ1n) is 10.8. The van der Waals surface area contributed by atoms with Crippen LogP contribution in [0, 0.1) is 6.92 Å². The van der Waals surface area contributed by atoms with Crippen molar-refractivity contribution in [1.82, 2.24) is 9.21 Å². The molecule has 2 amide bonds. The molecule has 32 heavy (non-hydrogen) atoms. The van der Waals surface area contributed by atoms with Crippen molar-refractivity contribution in [3.05, 3.63) is 54.1 Å². The van der Waals surface area contributed by atoms with Crippen LogP contribution >= 0.6 is 0 Å². The SMILES string of the molecule is Cc1ccc(S(=O)(=O)N2CCCN(C(C)C(=O)N3CC(=O)Nc4ccccc43)CC2)cc1. The number of para-hydroxylation sites is 2. The number of hydrogen-bond acceptors (Lipinski definition) is 5. The molecule has 1 N–H and O–H groups in total. The summed E-state index contributed by atoms with van der Waals surface area (Å²) in [6.45, 7) is 5.48. The number of carbonyl (C=O) groups is 2. The number of benzene rings is 2. The van der Waals surface area contributed by atoms with Crippen molar-refractivity contribution in [2.45, 2.75) is 31.2 Å².